The maximum atomic E-state index is 5.81. The Kier molecular flexibility index (Phi) is 3.72. The van der Waals surface area contributed by atoms with Crippen LogP contribution in [0.1, 0.15) is 0 Å². The Balaban J connectivity index is 0.000000126. The monoisotopic (exact) mass is 320 g/mol. The molecule has 0 aromatic carbocycles. The SMILES string of the molecule is Clc1ncnc2[nH]ccc12.Cn1ccc2c(Cl)ncnc21. The van der Waals surface area contributed by atoms with Gasteiger partial charge in [0.2, 0.25) is 0 Å². The third-order valence-electron chi connectivity index (χ3n) is 2.92. The summed E-state index contributed by atoms with van der Waals surface area (Å²) in [7, 11) is 1.92. The van der Waals surface area contributed by atoms with Crippen molar-refractivity contribution in [3.63, 3.8) is 0 Å². The van der Waals surface area contributed by atoms with E-state index < -0.39 is 0 Å². The molecule has 0 unspecified atom stereocenters. The zero-order chi connectivity index (χ0) is 14.8. The first kappa shape index (κ1) is 13.8. The lowest BCUT2D eigenvalue weighted by molar-refractivity contribution is 0.943. The molecule has 0 atom stereocenters. The highest BCUT2D eigenvalue weighted by atomic mass is 35.5. The number of halogens is 2. The molecule has 6 nitrogen and oxygen atoms in total. The van der Waals surface area contributed by atoms with Crippen LogP contribution < -0.4 is 0 Å². The van der Waals surface area contributed by atoms with E-state index in [1.165, 1.54) is 12.7 Å². The second-order valence-corrected chi connectivity index (χ2v) is 4.95. The van der Waals surface area contributed by atoms with Crippen molar-refractivity contribution in [2.24, 2.45) is 7.05 Å². The van der Waals surface area contributed by atoms with Crippen LogP contribution in [0.4, 0.5) is 0 Å². The van der Waals surface area contributed by atoms with E-state index in [9.17, 15) is 0 Å². The fourth-order valence-electron chi connectivity index (χ4n) is 1.89. The molecule has 106 valence electrons. The Hall–Kier alpha value is -2.18. The van der Waals surface area contributed by atoms with Crippen molar-refractivity contribution in [2.45, 2.75) is 0 Å². The molecule has 21 heavy (non-hydrogen) atoms. The maximum absolute atomic E-state index is 5.81. The van der Waals surface area contributed by atoms with Crippen molar-refractivity contribution in [3.05, 3.63) is 47.5 Å². The predicted octanol–water partition coefficient (Wildman–Crippen LogP) is 3.23. The van der Waals surface area contributed by atoms with Crippen molar-refractivity contribution >= 4 is 45.3 Å². The second-order valence-electron chi connectivity index (χ2n) is 4.23. The van der Waals surface area contributed by atoms with Gasteiger partial charge in [-0.25, -0.2) is 19.9 Å². The summed E-state index contributed by atoms with van der Waals surface area (Å²) in [5.74, 6) is 0. The molecule has 4 aromatic rings. The van der Waals surface area contributed by atoms with Gasteiger partial charge in [0.25, 0.3) is 0 Å². The molecule has 8 heteroatoms. The number of fused-ring (bicyclic) bond motifs is 2. The van der Waals surface area contributed by atoms with E-state index in [1.54, 1.807) is 6.20 Å². The van der Waals surface area contributed by atoms with E-state index in [2.05, 4.69) is 24.9 Å². The summed E-state index contributed by atoms with van der Waals surface area (Å²) in [6, 6.07) is 3.75. The average molecular weight is 321 g/mol. The van der Waals surface area contributed by atoms with Crippen molar-refractivity contribution in [3.8, 4) is 0 Å². The summed E-state index contributed by atoms with van der Waals surface area (Å²) in [4.78, 5) is 18.6. The standard InChI is InChI=1S/C7H6ClN3.C6H4ClN3/c1-11-3-2-5-6(8)9-4-10-7(5)11;7-5-4-1-2-8-6(4)10-3-9-5/h2-4H,1H3;1-3H,(H,8,9,10). The number of aromatic nitrogens is 6. The zero-order valence-corrected chi connectivity index (χ0v) is 12.5. The largest absolute Gasteiger partial charge is 0.346 e. The van der Waals surface area contributed by atoms with Crippen LogP contribution in [0.2, 0.25) is 10.3 Å². The first-order chi connectivity index (χ1) is 10.2. The molecule has 0 radical (unpaired) electrons. The number of aromatic amines is 1. The smallest absolute Gasteiger partial charge is 0.144 e. The summed E-state index contributed by atoms with van der Waals surface area (Å²) in [5.41, 5.74) is 1.64. The molecule has 0 saturated carbocycles. The summed E-state index contributed by atoms with van der Waals surface area (Å²) >= 11 is 11.5. The molecule has 4 rings (SSSR count). The van der Waals surface area contributed by atoms with Crippen LogP contribution in [0.25, 0.3) is 22.1 Å². The van der Waals surface area contributed by atoms with Gasteiger partial charge in [0.1, 0.15) is 34.3 Å². The van der Waals surface area contributed by atoms with E-state index in [0.717, 1.165) is 22.1 Å². The average Bonchev–Trinajstić information content (AvgIpc) is 3.09. The summed E-state index contributed by atoms with van der Waals surface area (Å²) in [5, 5.41) is 2.77. The van der Waals surface area contributed by atoms with Crippen LogP contribution in [-0.4, -0.2) is 29.5 Å². The lowest BCUT2D eigenvalue weighted by Crippen LogP contribution is -1.88. The van der Waals surface area contributed by atoms with Crippen molar-refractivity contribution in [1.82, 2.24) is 29.5 Å². The number of aryl methyl sites for hydroxylation is 1. The molecular formula is C13H10Cl2N6. The first-order valence-corrected chi connectivity index (χ1v) is 6.77. The molecule has 0 aliphatic heterocycles. The molecule has 4 aromatic heterocycles. The van der Waals surface area contributed by atoms with E-state index in [1.807, 2.05) is 29.9 Å². The summed E-state index contributed by atoms with van der Waals surface area (Å²) < 4.78 is 1.91. The van der Waals surface area contributed by atoms with Gasteiger partial charge in [-0.15, -0.1) is 0 Å². The normalized spacial score (nSPS) is 10.6. The molecule has 0 saturated heterocycles. The highest BCUT2D eigenvalue weighted by molar-refractivity contribution is 6.34. The zero-order valence-electron chi connectivity index (χ0n) is 11.0. The van der Waals surface area contributed by atoms with Crippen LogP contribution in [-0.2, 0) is 7.05 Å². The molecule has 0 aliphatic rings. The molecule has 0 bridgehead atoms. The van der Waals surface area contributed by atoms with Gasteiger partial charge >= 0.3 is 0 Å². The Morgan fingerprint density at radius 1 is 0.952 bits per heavy atom. The quantitative estimate of drug-likeness (QED) is 0.505. The Morgan fingerprint density at radius 3 is 2.38 bits per heavy atom. The highest BCUT2D eigenvalue weighted by Gasteiger charge is 2.02. The topological polar surface area (TPSA) is 72.3 Å². The Morgan fingerprint density at radius 2 is 1.67 bits per heavy atom. The van der Waals surface area contributed by atoms with Gasteiger partial charge in [-0.3, -0.25) is 0 Å². The number of nitrogens with zero attached hydrogens (tertiary/aromatic N) is 5. The fraction of sp³-hybridized carbons (Fsp3) is 0.0769. The lowest BCUT2D eigenvalue weighted by Gasteiger charge is -1.93. The lowest BCUT2D eigenvalue weighted by atomic mass is 10.4. The van der Waals surface area contributed by atoms with Gasteiger partial charge < -0.3 is 9.55 Å². The van der Waals surface area contributed by atoms with Gasteiger partial charge in [-0.2, -0.15) is 0 Å². The first-order valence-electron chi connectivity index (χ1n) is 6.02. The minimum absolute atomic E-state index is 0.492. The minimum atomic E-state index is 0.492. The van der Waals surface area contributed by atoms with E-state index in [-0.39, 0.29) is 0 Å². The van der Waals surface area contributed by atoms with Gasteiger partial charge in [-0.1, -0.05) is 23.2 Å². The minimum Gasteiger partial charge on any atom is -0.346 e. The van der Waals surface area contributed by atoms with Crippen LogP contribution in [0.3, 0.4) is 0 Å². The van der Waals surface area contributed by atoms with Gasteiger partial charge in [0, 0.05) is 19.4 Å². The van der Waals surface area contributed by atoms with E-state index in [0.29, 0.717) is 10.3 Å². The van der Waals surface area contributed by atoms with Crippen molar-refractivity contribution < 1.29 is 0 Å². The predicted molar refractivity (Wildman–Crippen MR) is 82.4 cm³/mol. The van der Waals surface area contributed by atoms with Gasteiger partial charge in [-0.05, 0) is 12.1 Å². The molecule has 0 fully saturated rings. The summed E-state index contributed by atoms with van der Waals surface area (Å²) in [6.45, 7) is 0. The Bertz CT molecular complexity index is 898. The molecular weight excluding hydrogens is 311 g/mol. The Labute approximate surface area is 129 Å². The molecule has 1 N–H and O–H groups in total. The maximum Gasteiger partial charge on any atom is 0.144 e. The molecule has 4 heterocycles. The van der Waals surface area contributed by atoms with E-state index >= 15 is 0 Å². The molecule has 0 aliphatic carbocycles. The van der Waals surface area contributed by atoms with Crippen molar-refractivity contribution in [2.75, 3.05) is 0 Å². The van der Waals surface area contributed by atoms with Crippen LogP contribution in [0, 0.1) is 0 Å². The number of rotatable bonds is 0. The van der Waals surface area contributed by atoms with Gasteiger partial charge in [0.05, 0.1) is 10.8 Å². The fourth-order valence-corrected chi connectivity index (χ4v) is 2.27. The number of hydrogen-bond acceptors (Lipinski definition) is 4. The van der Waals surface area contributed by atoms with Crippen molar-refractivity contribution in [1.29, 1.82) is 0 Å². The highest BCUT2D eigenvalue weighted by Crippen LogP contribution is 2.18. The van der Waals surface area contributed by atoms with Gasteiger partial charge in [0.15, 0.2) is 0 Å². The number of nitrogens with one attached hydrogen (secondary N) is 1. The van der Waals surface area contributed by atoms with E-state index in [4.69, 9.17) is 23.2 Å². The van der Waals surface area contributed by atoms with Crippen LogP contribution in [0.5, 0.6) is 0 Å². The number of hydrogen-bond donors (Lipinski definition) is 1. The third-order valence-corrected chi connectivity index (χ3v) is 3.52. The second kappa shape index (κ2) is 5.67. The molecule has 0 amide bonds. The number of H-pyrrole nitrogens is 1. The third kappa shape index (κ3) is 2.68. The van der Waals surface area contributed by atoms with Crippen LogP contribution in [0.15, 0.2) is 37.2 Å². The molecule has 0 spiro atoms. The summed E-state index contributed by atoms with van der Waals surface area (Å²) in [6.07, 6.45) is 6.59. The van der Waals surface area contributed by atoms with Crippen LogP contribution >= 0.6 is 23.2 Å².